The third kappa shape index (κ3) is 2.05. The standard InChI is InChI=1S/C9H9N3O3S/c10-16(14,15)9-5-11-12(6-9)7-1-3-8(13)4-2-7/h1-6,13H,(H2,10,14,15). The Bertz CT molecular complexity index is 601. The van der Waals surface area contributed by atoms with Crippen LogP contribution in [-0.4, -0.2) is 23.3 Å². The molecule has 2 aromatic rings. The van der Waals surface area contributed by atoms with Gasteiger partial charge in [0.25, 0.3) is 0 Å². The molecule has 0 aliphatic heterocycles. The maximum absolute atomic E-state index is 11.0. The van der Waals surface area contributed by atoms with E-state index in [9.17, 15) is 8.42 Å². The number of phenolic OH excluding ortho intramolecular Hbond substituents is 1. The average Bonchev–Trinajstić information content (AvgIpc) is 2.67. The minimum atomic E-state index is -3.73. The summed E-state index contributed by atoms with van der Waals surface area (Å²) in [6.07, 6.45) is 2.48. The molecule has 0 amide bonds. The van der Waals surface area contributed by atoms with Crippen molar-refractivity contribution >= 4 is 10.0 Å². The van der Waals surface area contributed by atoms with Crippen molar-refractivity contribution in [2.24, 2.45) is 5.14 Å². The molecule has 0 atom stereocenters. The summed E-state index contributed by atoms with van der Waals surface area (Å²) in [5, 5.41) is 17.9. The van der Waals surface area contributed by atoms with Crippen molar-refractivity contribution in [1.29, 1.82) is 0 Å². The zero-order chi connectivity index (χ0) is 11.8. The molecule has 1 heterocycles. The number of nitrogens with zero attached hydrogens (tertiary/aromatic N) is 2. The number of aromatic hydroxyl groups is 1. The zero-order valence-corrected chi connectivity index (χ0v) is 8.92. The largest absolute Gasteiger partial charge is 0.508 e. The third-order valence-corrected chi connectivity index (χ3v) is 2.87. The Labute approximate surface area is 92.0 Å². The van der Waals surface area contributed by atoms with E-state index in [-0.39, 0.29) is 10.6 Å². The molecule has 6 nitrogen and oxygen atoms in total. The summed E-state index contributed by atoms with van der Waals surface area (Å²) in [7, 11) is -3.73. The molecule has 3 N–H and O–H groups in total. The Morgan fingerprint density at radius 1 is 1.25 bits per heavy atom. The quantitative estimate of drug-likeness (QED) is 0.783. The van der Waals surface area contributed by atoms with Gasteiger partial charge >= 0.3 is 0 Å². The maximum atomic E-state index is 11.0. The third-order valence-electron chi connectivity index (χ3n) is 2.00. The van der Waals surface area contributed by atoms with Gasteiger partial charge in [-0.05, 0) is 24.3 Å². The van der Waals surface area contributed by atoms with Crippen LogP contribution in [0.1, 0.15) is 0 Å². The summed E-state index contributed by atoms with van der Waals surface area (Å²) < 4.78 is 23.4. The number of sulfonamides is 1. The van der Waals surface area contributed by atoms with Gasteiger partial charge in [0, 0.05) is 0 Å². The van der Waals surface area contributed by atoms with Crippen LogP contribution in [0.3, 0.4) is 0 Å². The van der Waals surface area contributed by atoms with Crippen molar-refractivity contribution in [1.82, 2.24) is 9.78 Å². The summed E-state index contributed by atoms with van der Waals surface area (Å²) in [6.45, 7) is 0. The first kappa shape index (κ1) is 10.7. The van der Waals surface area contributed by atoms with Gasteiger partial charge in [-0.1, -0.05) is 0 Å². The summed E-state index contributed by atoms with van der Waals surface area (Å²) >= 11 is 0. The van der Waals surface area contributed by atoms with E-state index in [0.717, 1.165) is 0 Å². The van der Waals surface area contributed by atoms with Gasteiger partial charge < -0.3 is 5.11 Å². The minimum Gasteiger partial charge on any atom is -0.508 e. The van der Waals surface area contributed by atoms with Crippen molar-refractivity contribution in [3.05, 3.63) is 36.7 Å². The lowest BCUT2D eigenvalue weighted by atomic mass is 10.3. The fourth-order valence-electron chi connectivity index (χ4n) is 1.20. The van der Waals surface area contributed by atoms with Crippen LogP contribution >= 0.6 is 0 Å². The van der Waals surface area contributed by atoms with Gasteiger partial charge in [-0.3, -0.25) is 0 Å². The summed E-state index contributed by atoms with van der Waals surface area (Å²) in [6, 6.07) is 6.17. The number of hydrogen-bond acceptors (Lipinski definition) is 4. The molecule has 0 spiro atoms. The van der Waals surface area contributed by atoms with Crippen LogP contribution in [0.5, 0.6) is 5.75 Å². The normalized spacial score (nSPS) is 11.6. The number of benzene rings is 1. The highest BCUT2D eigenvalue weighted by molar-refractivity contribution is 7.89. The molecule has 0 aliphatic carbocycles. The molecule has 0 bridgehead atoms. The van der Waals surface area contributed by atoms with Crippen LogP contribution in [0.4, 0.5) is 0 Å². The molecule has 16 heavy (non-hydrogen) atoms. The van der Waals surface area contributed by atoms with E-state index in [0.29, 0.717) is 5.69 Å². The number of hydrogen-bond donors (Lipinski definition) is 2. The van der Waals surface area contributed by atoms with E-state index in [2.05, 4.69) is 5.10 Å². The lowest BCUT2D eigenvalue weighted by molar-refractivity contribution is 0.475. The molecular formula is C9H9N3O3S. The first-order valence-corrected chi connectivity index (χ1v) is 5.88. The molecule has 0 radical (unpaired) electrons. The first-order valence-electron chi connectivity index (χ1n) is 4.34. The van der Waals surface area contributed by atoms with E-state index in [1.807, 2.05) is 0 Å². The van der Waals surface area contributed by atoms with Crippen LogP contribution in [0.15, 0.2) is 41.6 Å². The van der Waals surface area contributed by atoms with E-state index in [1.54, 1.807) is 12.1 Å². The molecule has 0 aliphatic rings. The lowest BCUT2D eigenvalue weighted by Gasteiger charge is -2.00. The van der Waals surface area contributed by atoms with Crippen LogP contribution in [0.2, 0.25) is 0 Å². The SMILES string of the molecule is NS(=O)(=O)c1cnn(-c2ccc(O)cc2)c1. The van der Waals surface area contributed by atoms with Crippen LogP contribution < -0.4 is 5.14 Å². The van der Waals surface area contributed by atoms with Crippen LogP contribution in [-0.2, 0) is 10.0 Å². The Morgan fingerprint density at radius 3 is 2.38 bits per heavy atom. The summed E-state index contributed by atoms with van der Waals surface area (Å²) in [5.41, 5.74) is 0.632. The van der Waals surface area contributed by atoms with Gasteiger partial charge in [0.2, 0.25) is 10.0 Å². The van der Waals surface area contributed by atoms with Crippen molar-refractivity contribution in [3.63, 3.8) is 0 Å². The van der Waals surface area contributed by atoms with Gasteiger partial charge in [0.05, 0.1) is 18.1 Å². The Morgan fingerprint density at radius 2 is 1.88 bits per heavy atom. The minimum absolute atomic E-state index is 0.0550. The van der Waals surface area contributed by atoms with Crippen molar-refractivity contribution < 1.29 is 13.5 Å². The lowest BCUT2D eigenvalue weighted by Crippen LogP contribution is -2.11. The number of rotatable bonds is 2. The predicted octanol–water partition coefficient (Wildman–Crippen LogP) is 0.225. The molecule has 0 saturated heterocycles. The average molecular weight is 239 g/mol. The zero-order valence-electron chi connectivity index (χ0n) is 8.11. The number of primary sulfonamides is 1. The van der Waals surface area contributed by atoms with E-state index >= 15 is 0 Å². The number of aromatic nitrogens is 2. The Balaban J connectivity index is 2.43. The number of phenols is 1. The highest BCUT2D eigenvalue weighted by Gasteiger charge is 2.10. The Hall–Kier alpha value is -1.86. The maximum Gasteiger partial charge on any atom is 0.241 e. The van der Waals surface area contributed by atoms with Crippen molar-refractivity contribution in [3.8, 4) is 11.4 Å². The molecule has 2 rings (SSSR count). The monoisotopic (exact) mass is 239 g/mol. The van der Waals surface area contributed by atoms with E-state index in [4.69, 9.17) is 10.2 Å². The molecule has 7 heteroatoms. The second-order valence-corrected chi connectivity index (χ2v) is 4.74. The highest BCUT2D eigenvalue weighted by atomic mass is 32.2. The van der Waals surface area contributed by atoms with Gasteiger partial charge in [-0.2, -0.15) is 5.10 Å². The molecule has 84 valence electrons. The molecular weight excluding hydrogens is 230 g/mol. The van der Waals surface area contributed by atoms with E-state index in [1.165, 1.54) is 29.2 Å². The van der Waals surface area contributed by atoms with Gasteiger partial charge in [-0.15, -0.1) is 0 Å². The molecule has 0 fully saturated rings. The van der Waals surface area contributed by atoms with Gasteiger partial charge in [0.1, 0.15) is 10.6 Å². The molecule has 0 saturated carbocycles. The molecule has 1 aromatic carbocycles. The molecule has 0 unspecified atom stereocenters. The topological polar surface area (TPSA) is 98.2 Å². The van der Waals surface area contributed by atoms with E-state index < -0.39 is 10.0 Å². The first-order chi connectivity index (χ1) is 7.47. The second kappa shape index (κ2) is 3.62. The summed E-state index contributed by atoms with van der Waals surface area (Å²) in [4.78, 5) is -0.0550. The number of nitrogens with two attached hydrogens (primary N) is 1. The Kier molecular flexibility index (Phi) is 2.41. The fraction of sp³-hybridized carbons (Fsp3) is 0. The summed E-state index contributed by atoms with van der Waals surface area (Å²) in [5.74, 6) is 0.127. The molecule has 1 aromatic heterocycles. The van der Waals surface area contributed by atoms with Crippen molar-refractivity contribution in [2.45, 2.75) is 4.90 Å². The second-order valence-electron chi connectivity index (χ2n) is 3.18. The smallest absolute Gasteiger partial charge is 0.241 e. The van der Waals surface area contributed by atoms with Crippen LogP contribution in [0, 0.1) is 0 Å². The highest BCUT2D eigenvalue weighted by Crippen LogP contribution is 2.14. The predicted molar refractivity (Wildman–Crippen MR) is 56.6 cm³/mol. The van der Waals surface area contributed by atoms with Gasteiger partial charge in [0.15, 0.2) is 0 Å². The fourth-order valence-corrected chi connectivity index (χ4v) is 1.64. The van der Waals surface area contributed by atoms with Crippen molar-refractivity contribution in [2.75, 3.05) is 0 Å². The van der Waals surface area contributed by atoms with Gasteiger partial charge in [-0.25, -0.2) is 18.2 Å². The van der Waals surface area contributed by atoms with Crippen LogP contribution in [0.25, 0.3) is 5.69 Å².